The summed E-state index contributed by atoms with van der Waals surface area (Å²) in [5, 5.41) is 13.6. The molecule has 1 atom stereocenters. The molecule has 3 N–H and O–H groups in total. The Bertz CT molecular complexity index is 856. The zero-order valence-electron chi connectivity index (χ0n) is 15.0. The van der Waals surface area contributed by atoms with Crippen molar-refractivity contribution in [3.8, 4) is 0 Å². The Morgan fingerprint density at radius 3 is 2.61 bits per heavy atom. The first-order chi connectivity index (χ1) is 13.0. The second kappa shape index (κ2) is 9.52. The predicted molar refractivity (Wildman–Crippen MR) is 110 cm³/mol. The number of carbonyl (C=O) groups excluding carboxylic acids is 2. The lowest BCUT2D eigenvalue weighted by Gasteiger charge is -2.23. The van der Waals surface area contributed by atoms with Gasteiger partial charge in [0.1, 0.15) is 6.04 Å². The fourth-order valence-corrected chi connectivity index (χ4v) is 3.87. The molecule has 0 bridgehead atoms. The van der Waals surface area contributed by atoms with Crippen molar-refractivity contribution in [2.24, 2.45) is 0 Å². The van der Waals surface area contributed by atoms with Crippen molar-refractivity contribution in [1.29, 1.82) is 0 Å². The van der Waals surface area contributed by atoms with Gasteiger partial charge in [-0.05, 0) is 43.0 Å². The summed E-state index contributed by atoms with van der Waals surface area (Å²) < 4.78 is 0. The molecule has 1 saturated heterocycles. The molecule has 2 heterocycles. The lowest BCUT2D eigenvalue weighted by atomic mass is 10.1. The Hall–Kier alpha value is -2.65. The van der Waals surface area contributed by atoms with Crippen molar-refractivity contribution >= 4 is 46.2 Å². The van der Waals surface area contributed by atoms with Gasteiger partial charge in [0.25, 0.3) is 5.91 Å². The molecule has 1 aromatic heterocycles. The minimum absolute atomic E-state index is 0. The zero-order chi connectivity index (χ0) is 19.4. The Labute approximate surface area is 172 Å². The molecule has 1 fully saturated rings. The number of likely N-dealkylation sites (tertiary alicyclic amines) is 1. The van der Waals surface area contributed by atoms with Gasteiger partial charge in [-0.3, -0.25) is 19.7 Å². The molecule has 1 aromatic carbocycles. The predicted octanol–water partition coefficient (Wildman–Crippen LogP) is 2.62. The van der Waals surface area contributed by atoms with Crippen LogP contribution in [0.3, 0.4) is 0 Å². The number of rotatable bonds is 6. The smallest absolute Gasteiger partial charge is 0.324 e. The highest BCUT2D eigenvalue weighted by Crippen LogP contribution is 2.28. The highest BCUT2D eigenvalue weighted by atomic mass is 35.5. The number of hydrogen-bond acceptors (Lipinski definition) is 6. The number of hydrogen-bond donors (Lipinski definition) is 2. The number of benzene rings is 1. The van der Waals surface area contributed by atoms with Crippen LogP contribution < -0.4 is 11.1 Å². The van der Waals surface area contributed by atoms with E-state index in [0.29, 0.717) is 31.6 Å². The van der Waals surface area contributed by atoms with Gasteiger partial charge in [0, 0.05) is 24.8 Å². The van der Waals surface area contributed by atoms with Crippen molar-refractivity contribution in [2.45, 2.75) is 25.3 Å². The number of carbonyl (C=O) groups is 2. The van der Waals surface area contributed by atoms with Crippen LogP contribution in [0.5, 0.6) is 0 Å². The number of halogens is 1. The summed E-state index contributed by atoms with van der Waals surface area (Å²) in [6.45, 7) is 0.937. The number of nitrogens with two attached hydrogens (primary N) is 1. The molecule has 2 aromatic rings. The molecule has 1 unspecified atom stereocenters. The Morgan fingerprint density at radius 1 is 1.25 bits per heavy atom. The average molecular weight is 425 g/mol. The van der Waals surface area contributed by atoms with Gasteiger partial charge in [-0.1, -0.05) is 23.5 Å². The molecule has 0 aliphatic carbocycles. The van der Waals surface area contributed by atoms with Crippen LogP contribution >= 0.6 is 23.7 Å². The van der Waals surface area contributed by atoms with Crippen molar-refractivity contribution in [1.82, 2.24) is 10.2 Å². The van der Waals surface area contributed by atoms with Gasteiger partial charge < -0.3 is 16.0 Å². The SMILES string of the molecule is Cl.Nc1ccc(CCNC(=O)C2CCCN2C(=O)c2ccc([N+](=O)[O-])s2)cc1. The third-order valence-electron chi connectivity index (χ3n) is 4.49. The number of nitrogen functional groups attached to an aromatic ring is 1. The van der Waals surface area contributed by atoms with Crippen LogP contribution in [-0.2, 0) is 11.2 Å². The highest BCUT2D eigenvalue weighted by molar-refractivity contribution is 7.17. The number of nitrogens with one attached hydrogen (secondary N) is 1. The van der Waals surface area contributed by atoms with Gasteiger partial charge >= 0.3 is 5.00 Å². The van der Waals surface area contributed by atoms with Crippen LogP contribution in [0, 0.1) is 10.1 Å². The standard InChI is InChI=1S/C18H20N4O4S.ClH/c19-13-5-3-12(4-6-13)9-10-20-17(23)14-2-1-11-21(14)18(24)15-7-8-16(27-15)22(25)26;/h3-8,14H,1-2,9-11,19H2,(H,20,23);1H. The van der Waals surface area contributed by atoms with Crippen LogP contribution in [0.1, 0.15) is 28.1 Å². The van der Waals surface area contributed by atoms with E-state index in [-0.39, 0.29) is 34.1 Å². The third-order valence-corrected chi connectivity index (χ3v) is 5.52. The van der Waals surface area contributed by atoms with Crippen LogP contribution in [-0.4, -0.2) is 40.8 Å². The third kappa shape index (κ3) is 4.99. The summed E-state index contributed by atoms with van der Waals surface area (Å²) in [4.78, 5) is 37.2. The van der Waals surface area contributed by atoms with Crippen molar-refractivity contribution < 1.29 is 14.5 Å². The van der Waals surface area contributed by atoms with Crippen molar-refractivity contribution in [3.63, 3.8) is 0 Å². The monoisotopic (exact) mass is 424 g/mol. The molecule has 1 aliphatic rings. The van der Waals surface area contributed by atoms with E-state index in [1.54, 1.807) is 0 Å². The molecule has 28 heavy (non-hydrogen) atoms. The van der Waals surface area contributed by atoms with E-state index >= 15 is 0 Å². The first-order valence-electron chi connectivity index (χ1n) is 8.63. The topological polar surface area (TPSA) is 119 Å². The first kappa shape index (κ1) is 21.6. The summed E-state index contributed by atoms with van der Waals surface area (Å²) >= 11 is 0.834. The number of thiophene rings is 1. The molecule has 2 amide bonds. The number of anilines is 1. The average Bonchev–Trinajstić information content (AvgIpc) is 3.32. The second-order valence-electron chi connectivity index (χ2n) is 6.33. The quantitative estimate of drug-likeness (QED) is 0.419. The number of nitro groups is 1. The van der Waals surface area contributed by atoms with Crippen molar-refractivity contribution in [3.05, 3.63) is 57.0 Å². The van der Waals surface area contributed by atoms with E-state index in [0.717, 1.165) is 23.3 Å². The molecule has 1 aliphatic heterocycles. The van der Waals surface area contributed by atoms with Crippen LogP contribution in [0.2, 0.25) is 0 Å². The normalized spacial score (nSPS) is 15.7. The van der Waals surface area contributed by atoms with Gasteiger partial charge in [-0.25, -0.2) is 0 Å². The Balaban J connectivity index is 0.00000280. The van der Waals surface area contributed by atoms with E-state index in [9.17, 15) is 19.7 Å². The molecule has 0 spiro atoms. The minimum atomic E-state index is -0.537. The molecular weight excluding hydrogens is 404 g/mol. The summed E-state index contributed by atoms with van der Waals surface area (Å²) in [5.41, 5.74) is 7.41. The molecule has 8 nitrogen and oxygen atoms in total. The van der Waals surface area contributed by atoms with E-state index in [4.69, 9.17) is 5.73 Å². The van der Waals surface area contributed by atoms with Crippen LogP contribution in [0.25, 0.3) is 0 Å². The lowest BCUT2D eigenvalue weighted by Crippen LogP contribution is -2.46. The fourth-order valence-electron chi connectivity index (χ4n) is 3.10. The molecule has 10 heteroatoms. The molecule has 3 rings (SSSR count). The van der Waals surface area contributed by atoms with Gasteiger partial charge in [-0.2, -0.15) is 0 Å². The van der Waals surface area contributed by atoms with Crippen molar-refractivity contribution in [2.75, 3.05) is 18.8 Å². The van der Waals surface area contributed by atoms with Gasteiger partial charge in [0.2, 0.25) is 5.91 Å². The van der Waals surface area contributed by atoms with E-state index < -0.39 is 11.0 Å². The largest absolute Gasteiger partial charge is 0.399 e. The zero-order valence-corrected chi connectivity index (χ0v) is 16.6. The maximum Gasteiger partial charge on any atom is 0.324 e. The number of amides is 2. The van der Waals surface area contributed by atoms with E-state index in [1.165, 1.54) is 17.0 Å². The molecular formula is C18H21ClN4O4S. The maximum absolute atomic E-state index is 12.6. The Morgan fingerprint density at radius 2 is 1.96 bits per heavy atom. The minimum Gasteiger partial charge on any atom is -0.399 e. The van der Waals surface area contributed by atoms with E-state index in [1.807, 2.05) is 24.3 Å². The summed E-state index contributed by atoms with van der Waals surface area (Å²) in [6, 6.07) is 9.68. The lowest BCUT2D eigenvalue weighted by molar-refractivity contribution is -0.380. The second-order valence-corrected chi connectivity index (χ2v) is 7.40. The molecule has 0 radical (unpaired) electrons. The number of nitrogens with zero attached hydrogens (tertiary/aromatic N) is 2. The fraction of sp³-hybridized carbons (Fsp3) is 0.333. The first-order valence-corrected chi connectivity index (χ1v) is 9.44. The maximum atomic E-state index is 12.6. The highest BCUT2D eigenvalue weighted by Gasteiger charge is 2.35. The van der Waals surface area contributed by atoms with Gasteiger partial charge in [-0.15, -0.1) is 12.4 Å². The molecule has 150 valence electrons. The molecule has 0 saturated carbocycles. The van der Waals surface area contributed by atoms with Crippen LogP contribution in [0.4, 0.5) is 10.7 Å². The summed E-state index contributed by atoms with van der Waals surface area (Å²) in [6.07, 6.45) is 1.99. The Kier molecular flexibility index (Phi) is 7.36. The van der Waals surface area contributed by atoms with E-state index in [2.05, 4.69) is 5.32 Å². The van der Waals surface area contributed by atoms with Gasteiger partial charge in [0.15, 0.2) is 0 Å². The summed E-state index contributed by atoms with van der Waals surface area (Å²) in [5.74, 6) is -0.522. The van der Waals surface area contributed by atoms with Gasteiger partial charge in [0.05, 0.1) is 9.80 Å². The van der Waals surface area contributed by atoms with Crippen LogP contribution in [0.15, 0.2) is 36.4 Å². The summed E-state index contributed by atoms with van der Waals surface area (Å²) in [7, 11) is 0.